The third kappa shape index (κ3) is 6.04. The van der Waals surface area contributed by atoms with Gasteiger partial charge in [0.25, 0.3) is 5.91 Å². The van der Waals surface area contributed by atoms with Gasteiger partial charge in [0, 0.05) is 6.07 Å². The summed E-state index contributed by atoms with van der Waals surface area (Å²) in [4.78, 5) is 23.2. The molecule has 0 saturated carbocycles. The highest BCUT2D eigenvalue weighted by molar-refractivity contribution is 5.92. The van der Waals surface area contributed by atoms with Gasteiger partial charge in [-0.15, -0.1) is 0 Å². The van der Waals surface area contributed by atoms with E-state index in [-0.39, 0.29) is 5.69 Å². The molecule has 0 bridgehead atoms. The second-order valence-corrected chi connectivity index (χ2v) is 5.03. The zero-order chi connectivity index (χ0) is 18.9. The number of rotatable bonds is 8. The monoisotopic (exact) mass is 365 g/mol. The normalized spacial score (nSPS) is 10.1. The van der Waals surface area contributed by atoms with E-state index in [1.807, 2.05) is 6.92 Å². The van der Waals surface area contributed by atoms with Gasteiger partial charge in [0.1, 0.15) is 23.1 Å². The Morgan fingerprint density at radius 1 is 0.962 bits per heavy atom. The van der Waals surface area contributed by atoms with E-state index >= 15 is 0 Å². The van der Waals surface area contributed by atoms with Crippen LogP contribution in [0.2, 0.25) is 0 Å². The van der Waals surface area contributed by atoms with Crippen molar-refractivity contribution >= 4 is 17.6 Å². The van der Waals surface area contributed by atoms with Crippen molar-refractivity contribution < 1.29 is 32.6 Å². The van der Waals surface area contributed by atoms with Crippen LogP contribution in [0.5, 0.6) is 11.5 Å². The molecule has 0 aliphatic rings. The second kappa shape index (κ2) is 9.36. The molecule has 8 heteroatoms. The van der Waals surface area contributed by atoms with Gasteiger partial charge in [0.05, 0.1) is 12.3 Å². The molecular weight excluding hydrogens is 348 g/mol. The SMILES string of the molecule is CCOc1ccc(OCC(=O)OCC(=O)Nc2ccc(F)cc2F)cc1. The minimum absolute atomic E-state index is 0.210. The minimum Gasteiger partial charge on any atom is -0.494 e. The van der Waals surface area contributed by atoms with Crippen LogP contribution < -0.4 is 14.8 Å². The maximum atomic E-state index is 13.4. The molecule has 0 spiro atoms. The van der Waals surface area contributed by atoms with Gasteiger partial charge in [-0.2, -0.15) is 0 Å². The molecule has 0 aliphatic carbocycles. The Kier molecular flexibility index (Phi) is 6.90. The van der Waals surface area contributed by atoms with E-state index in [1.165, 1.54) is 0 Å². The van der Waals surface area contributed by atoms with E-state index in [1.54, 1.807) is 24.3 Å². The van der Waals surface area contributed by atoms with E-state index in [4.69, 9.17) is 14.2 Å². The van der Waals surface area contributed by atoms with Crippen LogP contribution >= 0.6 is 0 Å². The molecule has 2 aromatic rings. The van der Waals surface area contributed by atoms with Gasteiger partial charge in [-0.05, 0) is 43.3 Å². The molecule has 26 heavy (non-hydrogen) atoms. The predicted octanol–water partition coefficient (Wildman–Crippen LogP) is 2.92. The zero-order valence-corrected chi connectivity index (χ0v) is 14.0. The Bertz CT molecular complexity index is 765. The molecule has 2 rings (SSSR count). The van der Waals surface area contributed by atoms with Gasteiger partial charge in [-0.25, -0.2) is 13.6 Å². The van der Waals surface area contributed by atoms with Crippen molar-refractivity contribution in [3.63, 3.8) is 0 Å². The van der Waals surface area contributed by atoms with Crippen LogP contribution in [0.15, 0.2) is 42.5 Å². The topological polar surface area (TPSA) is 73.9 Å². The number of esters is 1. The number of amides is 1. The second-order valence-electron chi connectivity index (χ2n) is 5.03. The third-order valence-corrected chi connectivity index (χ3v) is 3.06. The summed E-state index contributed by atoms with van der Waals surface area (Å²) in [7, 11) is 0. The van der Waals surface area contributed by atoms with Crippen LogP contribution in [-0.4, -0.2) is 31.7 Å². The molecule has 0 heterocycles. The summed E-state index contributed by atoms with van der Waals surface area (Å²) in [5, 5.41) is 2.17. The molecule has 0 radical (unpaired) electrons. The predicted molar refractivity (Wildman–Crippen MR) is 89.1 cm³/mol. The Morgan fingerprint density at radius 2 is 1.62 bits per heavy atom. The maximum absolute atomic E-state index is 13.4. The number of hydrogen-bond donors (Lipinski definition) is 1. The quantitative estimate of drug-likeness (QED) is 0.728. The van der Waals surface area contributed by atoms with Crippen LogP contribution in [0.3, 0.4) is 0 Å². The van der Waals surface area contributed by atoms with Crippen molar-refractivity contribution in [1.82, 2.24) is 0 Å². The highest BCUT2D eigenvalue weighted by Gasteiger charge is 2.11. The molecule has 6 nitrogen and oxygen atoms in total. The lowest BCUT2D eigenvalue weighted by atomic mass is 10.3. The first-order chi connectivity index (χ1) is 12.5. The number of hydrogen-bond acceptors (Lipinski definition) is 5. The molecule has 0 unspecified atom stereocenters. The van der Waals surface area contributed by atoms with Crippen molar-refractivity contribution in [2.24, 2.45) is 0 Å². The van der Waals surface area contributed by atoms with Crippen LogP contribution in [0.1, 0.15) is 6.92 Å². The van der Waals surface area contributed by atoms with Gasteiger partial charge in [-0.1, -0.05) is 0 Å². The molecular formula is C18H17F2NO5. The molecule has 1 N–H and O–H groups in total. The Morgan fingerprint density at radius 3 is 2.23 bits per heavy atom. The van der Waals surface area contributed by atoms with Crippen LogP contribution in [0.4, 0.5) is 14.5 Å². The fourth-order valence-electron chi connectivity index (χ4n) is 1.91. The standard InChI is InChI=1S/C18H17F2NO5/c1-2-24-13-4-6-14(7-5-13)25-11-18(23)26-10-17(22)21-16-8-3-12(19)9-15(16)20/h3-9H,2,10-11H2,1H3,(H,21,22). The average Bonchev–Trinajstić information content (AvgIpc) is 2.62. The van der Waals surface area contributed by atoms with E-state index in [2.05, 4.69) is 5.32 Å². The van der Waals surface area contributed by atoms with Gasteiger partial charge < -0.3 is 19.5 Å². The molecule has 0 atom stereocenters. The average molecular weight is 365 g/mol. The van der Waals surface area contributed by atoms with Gasteiger partial charge in [-0.3, -0.25) is 4.79 Å². The molecule has 0 saturated heterocycles. The lowest BCUT2D eigenvalue weighted by Gasteiger charge is -2.09. The van der Waals surface area contributed by atoms with Crippen molar-refractivity contribution in [2.45, 2.75) is 6.92 Å². The Hall–Kier alpha value is -3.16. The van der Waals surface area contributed by atoms with Crippen LogP contribution in [-0.2, 0) is 14.3 Å². The van der Waals surface area contributed by atoms with Crippen LogP contribution in [0, 0.1) is 11.6 Å². The summed E-state index contributed by atoms with van der Waals surface area (Å²) in [6, 6.07) is 9.33. The molecule has 138 valence electrons. The largest absolute Gasteiger partial charge is 0.494 e. The van der Waals surface area contributed by atoms with Crippen molar-refractivity contribution in [1.29, 1.82) is 0 Å². The van der Waals surface area contributed by atoms with E-state index in [9.17, 15) is 18.4 Å². The third-order valence-electron chi connectivity index (χ3n) is 3.06. The summed E-state index contributed by atoms with van der Waals surface area (Å²) in [6.45, 7) is 1.38. The van der Waals surface area contributed by atoms with E-state index < -0.39 is 36.7 Å². The summed E-state index contributed by atoms with van der Waals surface area (Å²) in [5.41, 5.74) is -0.210. The Labute approximate surface area is 148 Å². The first-order valence-electron chi connectivity index (χ1n) is 7.74. The van der Waals surface area contributed by atoms with Crippen LogP contribution in [0.25, 0.3) is 0 Å². The number of anilines is 1. The van der Waals surface area contributed by atoms with Gasteiger partial charge in [0.2, 0.25) is 0 Å². The summed E-state index contributed by atoms with van der Waals surface area (Å²) < 4.78 is 41.4. The molecule has 0 aromatic heterocycles. The number of nitrogens with one attached hydrogen (secondary N) is 1. The highest BCUT2D eigenvalue weighted by atomic mass is 19.1. The first kappa shape index (κ1) is 19.2. The number of halogens is 2. The lowest BCUT2D eigenvalue weighted by Crippen LogP contribution is -2.24. The fourth-order valence-corrected chi connectivity index (χ4v) is 1.91. The summed E-state index contributed by atoms with van der Waals surface area (Å²) in [6.07, 6.45) is 0. The molecule has 0 fully saturated rings. The van der Waals surface area contributed by atoms with Gasteiger partial charge >= 0.3 is 5.97 Å². The molecule has 1 amide bonds. The Balaban J connectivity index is 1.73. The minimum atomic E-state index is -0.927. The summed E-state index contributed by atoms with van der Waals surface area (Å²) >= 11 is 0. The number of carbonyl (C=O) groups is 2. The van der Waals surface area contributed by atoms with Gasteiger partial charge in [0.15, 0.2) is 13.2 Å². The number of benzene rings is 2. The molecule has 0 aliphatic heterocycles. The maximum Gasteiger partial charge on any atom is 0.344 e. The van der Waals surface area contributed by atoms with E-state index in [0.717, 1.165) is 12.1 Å². The number of ether oxygens (including phenoxy) is 3. The summed E-state index contributed by atoms with van der Waals surface area (Å²) in [5.74, 6) is -2.12. The fraction of sp³-hybridized carbons (Fsp3) is 0.222. The van der Waals surface area contributed by atoms with Crippen molar-refractivity contribution in [3.05, 3.63) is 54.1 Å². The lowest BCUT2D eigenvalue weighted by molar-refractivity contribution is -0.149. The van der Waals surface area contributed by atoms with E-state index in [0.29, 0.717) is 24.2 Å². The smallest absolute Gasteiger partial charge is 0.344 e. The number of carbonyl (C=O) groups excluding carboxylic acids is 2. The van der Waals surface area contributed by atoms with Crippen molar-refractivity contribution in [3.8, 4) is 11.5 Å². The van der Waals surface area contributed by atoms with Crippen molar-refractivity contribution in [2.75, 3.05) is 25.1 Å². The molecule has 2 aromatic carbocycles. The highest BCUT2D eigenvalue weighted by Crippen LogP contribution is 2.17. The zero-order valence-electron chi connectivity index (χ0n) is 14.0. The first-order valence-corrected chi connectivity index (χ1v) is 7.74.